The van der Waals surface area contributed by atoms with Crippen LogP contribution in [-0.2, 0) is 6.61 Å². The predicted molar refractivity (Wildman–Crippen MR) is 102 cm³/mol. The Morgan fingerprint density at radius 1 is 1.11 bits per heavy atom. The van der Waals surface area contributed by atoms with E-state index in [-0.39, 0.29) is 5.76 Å². The summed E-state index contributed by atoms with van der Waals surface area (Å²) in [6, 6.07) is 18.6. The number of nitrogens with one attached hydrogen (secondary N) is 1. The van der Waals surface area contributed by atoms with Crippen molar-refractivity contribution in [2.45, 2.75) is 13.5 Å². The van der Waals surface area contributed by atoms with Crippen LogP contribution in [0, 0.1) is 6.92 Å². The van der Waals surface area contributed by atoms with Gasteiger partial charge in [0.25, 0.3) is 0 Å². The Balaban J connectivity index is 1.62. The summed E-state index contributed by atoms with van der Waals surface area (Å²) in [6.07, 6.45) is 1.52. The zero-order valence-electron chi connectivity index (χ0n) is 15.1. The van der Waals surface area contributed by atoms with Crippen LogP contribution in [0.5, 0.6) is 11.5 Å². The van der Waals surface area contributed by atoms with Gasteiger partial charge in [0.2, 0.25) is 0 Å². The van der Waals surface area contributed by atoms with Crippen molar-refractivity contribution in [2.75, 3.05) is 7.11 Å². The molecule has 2 aromatic carbocycles. The van der Waals surface area contributed by atoms with E-state index < -0.39 is 5.91 Å². The lowest BCUT2D eigenvalue weighted by Gasteiger charge is -2.11. The smallest absolute Gasteiger partial charge is 0.307 e. The van der Waals surface area contributed by atoms with Gasteiger partial charge < -0.3 is 13.9 Å². The van der Waals surface area contributed by atoms with Crippen LogP contribution in [-0.4, -0.2) is 19.2 Å². The second-order valence-corrected chi connectivity index (χ2v) is 5.79. The third-order valence-electron chi connectivity index (χ3n) is 3.77. The lowest BCUT2D eigenvalue weighted by Crippen LogP contribution is -2.16. The van der Waals surface area contributed by atoms with Crippen LogP contribution >= 0.6 is 0 Å². The third-order valence-corrected chi connectivity index (χ3v) is 3.77. The molecule has 0 atom stereocenters. The summed E-state index contributed by atoms with van der Waals surface area (Å²) in [5.41, 5.74) is 4.25. The first-order valence-corrected chi connectivity index (χ1v) is 8.40. The Bertz CT molecular complexity index is 932. The number of hydrogen-bond donors (Lipinski definition) is 1. The van der Waals surface area contributed by atoms with E-state index in [1.165, 1.54) is 6.21 Å². The quantitative estimate of drug-likeness (QED) is 0.509. The van der Waals surface area contributed by atoms with E-state index in [9.17, 15) is 4.79 Å². The van der Waals surface area contributed by atoms with Crippen molar-refractivity contribution in [3.63, 3.8) is 0 Å². The van der Waals surface area contributed by atoms with Gasteiger partial charge in [0.15, 0.2) is 17.3 Å². The zero-order valence-corrected chi connectivity index (χ0v) is 15.1. The molecule has 0 bridgehead atoms. The SMILES string of the molecule is COc1cc(C=NNC(=O)c2ccc(C)o2)ccc1OCc1ccccc1. The Kier molecular flexibility index (Phi) is 5.89. The third kappa shape index (κ3) is 4.98. The highest BCUT2D eigenvalue weighted by molar-refractivity contribution is 5.92. The largest absolute Gasteiger partial charge is 0.493 e. The molecule has 6 nitrogen and oxygen atoms in total. The topological polar surface area (TPSA) is 73.1 Å². The van der Waals surface area contributed by atoms with Crippen LogP contribution in [0.25, 0.3) is 0 Å². The van der Waals surface area contributed by atoms with Crippen LogP contribution < -0.4 is 14.9 Å². The van der Waals surface area contributed by atoms with Crippen molar-refractivity contribution in [3.8, 4) is 11.5 Å². The van der Waals surface area contributed by atoms with Crippen LogP contribution in [0.15, 0.2) is 70.2 Å². The summed E-state index contributed by atoms with van der Waals surface area (Å²) in [7, 11) is 1.58. The van der Waals surface area contributed by atoms with Crippen molar-refractivity contribution >= 4 is 12.1 Å². The molecule has 138 valence electrons. The van der Waals surface area contributed by atoms with E-state index in [0.717, 1.165) is 11.1 Å². The molecule has 0 fully saturated rings. The molecule has 6 heteroatoms. The van der Waals surface area contributed by atoms with Gasteiger partial charge in [-0.3, -0.25) is 4.79 Å². The molecule has 1 aromatic heterocycles. The minimum absolute atomic E-state index is 0.215. The lowest BCUT2D eigenvalue weighted by molar-refractivity contribution is 0.0926. The monoisotopic (exact) mass is 364 g/mol. The number of ether oxygens (including phenoxy) is 2. The highest BCUT2D eigenvalue weighted by Gasteiger charge is 2.09. The minimum atomic E-state index is -0.408. The highest BCUT2D eigenvalue weighted by Crippen LogP contribution is 2.28. The van der Waals surface area contributed by atoms with Gasteiger partial charge in [0, 0.05) is 0 Å². The normalized spacial score (nSPS) is 10.7. The second-order valence-electron chi connectivity index (χ2n) is 5.79. The molecule has 27 heavy (non-hydrogen) atoms. The summed E-state index contributed by atoms with van der Waals surface area (Å²) in [6.45, 7) is 2.22. The molecule has 1 heterocycles. The van der Waals surface area contributed by atoms with E-state index in [0.29, 0.717) is 23.9 Å². The van der Waals surface area contributed by atoms with Crippen LogP contribution in [0.2, 0.25) is 0 Å². The highest BCUT2D eigenvalue weighted by atomic mass is 16.5. The van der Waals surface area contributed by atoms with E-state index in [1.54, 1.807) is 38.3 Å². The van der Waals surface area contributed by atoms with E-state index in [1.807, 2.05) is 36.4 Å². The van der Waals surface area contributed by atoms with Crippen LogP contribution in [0.1, 0.15) is 27.4 Å². The molecule has 0 spiro atoms. The zero-order chi connectivity index (χ0) is 19.1. The number of carbonyl (C=O) groups excluding carboxylic acids is 1. The molecule has 0 aliphatic carbocycles. The van der Waals surface area contributed by atoms with E-state index in [2.05, 4.69) is 10.5 Å². The number of hydrazone groups is 1. The molecule has 0 aliphatic heterocycles. The van der Waals surface area contributed by atoms with Crippen molar-refractivity contribution in [1.29, 1.82) is 0 Å². The number of rotatable bonds is 7. The standard InChI is InChI=1S/C21H20N2O4/c1-15-8-10-19(27-15)21(24)23-22-13-17-9-11-18(20(12-17)25-2)26-14-16-6-4-3-5-7-16/h3-13H,14H2,1-2H3,(H,23,24). The molecule has 3 aromatic rings. The number of furan rings is 1. The number of hydrogen-bond acceptors (Lipinski definition) is 5. The first-order valence-electron chi connectivity index (χ1n) is 8.40. The molecule has 0 saturated carbocycles. The summed E-state index contributed by atoms with van der Waals surface area (Å²) in [4.78, 5) is 11.9. The van der Waals surface area contributed by atoms with E-state index in [4.69, 9.17) is 13.9 Å². The molecule has 1 amide bonds. The second kappa shape index (κ2) is 8.71. The molecule has 0 unspecified atom stereocenters. The van der Waals surface area contributed by atoms with Crippen molar-refractivity contribution in [2.24, 2.45) is 5.10 Å². The van der Waals surface area contributed by atoms with Gasteiger partial charge in [-0.1, -0.05) is 30.3 Å². The fraction of sp³-hybridized carbons (Fsp3) is 0.143. The maximum atomic E-state index is 11.9. The predicted octanol–water partition coefficient (Wildman–Crippen LogP) is 3.94. The minimum Gasteiger partial charge on any atom is -0.493 e. The van der Waals surface area contributed by atoms with Gasteiger partial charge >= 0.3 is 5.91 Å². The summed E-state index contributed by atoms with van der Waals surface area (Å²) in [5, 5.41) is 3.94. The summed E-state index contributed by atoms with van der Waals surface area (Å²) < 4.78 is 16.4. The average Bonchev–Trinajstić information content (AvgIpc) is 3.14. The molecular formula is C21H20N2O4. The first kappa shape index (κ1) is 18.3. The van der Waals surface area contributed by atoms with Crippen LogP contribution in [0.4, 0.5) is 0 Å². The van der Waals surface area contributed by atoms with Crippen molar-refractivity contribution in [1.82, 2.24) is 5.43 Å². The summed E-state index contributed by atoms with van der Waals surface area (Å²) >= 11 is 0. The molecule has 0 aliphatic rings. The Labute approximate surface area is 157 Å². The molecule has 0 saturated heterocycles. The number of carbonyl (C=O) groups is 1. The maximum absolute atomic E-state index is 11.9. The van der Waals surface area contributed by atoms with Crippen molar-refractivity contribution in [3.05, 3.63) is 83.3 Å². The van der Waals surface area contributed by atoms with Crippen LogP contribution in [0.3, 0.4) is 0 Å². The van der Waals surface area contributed by atoms with Gasteiger partial charge in [0.1, 0.15) is 12.4 Å². The summed E-state index contributed by atoms with van der Waals surface area (Å²) in [5.74, 6) is 1.69. The Morgan fingerprint density at radius 3 is 2.63 bits per heavy atom. The van der Waals surface area contributed by atoms with Gasteiger partial charge in [-0.15, -0.1) is 0 Å². The number of methoxy groups -OCH3 is 1. The molecule has 1 N–H and O–H groups in total. The Morgan fingerprint density at radius 2 is 1.93 bits per heavy atom. The number of amides is 1. The van der Waals surface area contributed by atoms with Gasteiger partial charge in [-0.2, -0.15) is 5.10 Å². The number of nitrogens with zero attached hydrogens (tertiary/aromatic N) is 1. The molecule has 0 radical (unpaired) electrons. The number of benzene rings is 2. The van der Waals surface area contributed by atoms with Crippen molar-refractivity contribution < 1.29 is 18.7 Å². The van der Waals surface area contributed by atoms with Gasteiger partial charge in [-0.05, 0) is 48.4 Å². The maximum Gasteiger partial charge on any atom is 0.307 e. The Hall–Kier alpha value is -3.54. The molecular weight excluding hydrogens is 344 g/mol. The average molecular weight is 364 g/mol. The fourth-order valence-corrected chi connectivity index (χ4v) is 2.40. The van der Waals surface area contributed by atoms with Gasteiger partial charge in [-0.25, -0.2) is 5.43 Å². The van der Waals surface area contributed by atoms with E-state index >= 15 is 0 Å². The number of aryl methyl sites for hydroxylation is 1. The van der Waals surface area contributed by atoms with Gasteiger partial charge in [0.05, 0.1) is 13.3 Å². The fourth-order valence-electron chi connectivity index (χ4n) is 2.40. The first-order chi connectivity index (χ1) is 13.2. The lowest BCUT2D eigenvalue weighted by atomic mass is 10.2. The molecule has 3 rings (SSSR count).